The second-order valence-electron chi connectivity index (χ2n) is 4.14. The zero-order valence-corrected chi connectivity index (χ0v) is 12.1. The third kappa shape index (κ3) is 4.08. The van der Waals surface area contributed by atoms with Crippen molar-refractivity contribution < 1.29 is 26.7 Å². The number of fused-ring (bicyclic) bond motifs is 1. The Balaban J connectivity index is 2.39. The van der Waals surface area contributed by atoms with Crippen LogP contribution in [0.4, 0.5) is 18.9 Å². The van der Waals surface area contributed by atoms with Gasteiger partial charge in [0.25, 0.3) is 0 Å². The molecule has 2 aromatic rings. The molecule has 0 amide bonds. The van der Waals surface area contributed by atoms with Gasteiger partial charge in [0.2, 0.25) is 15.8 Å². The highest BCUT2D eigenvalue weighted by Crippen LogP contribution is 2.30. The predicted molar refractivity (Wildman–Crippen MR) is 74.7 cm³/mol. The lowest BCUT2D eigenvalue weighted by atomic mass is 10.3. The van der Waals surface area contributed by atoms with Gasteiger partial charge in [0.1, 0.15) is 5.01 Å². The van der Waals surface area contributed by atoms with Gasteiger partial charge in [-0.3, -0.25) is 4.72 Å². The maximum Gasteiger partial charge on any atom is 0.448 e. The van der Waals surface area contributed by atoms with E-state index < -0.39 is 22.0 Å². The third-order valence-electron chi connectivity index (χ3n) is 2.26. The molecule has 1 aromatic heterocycles. The number of sulfonamides is 1. The fourth-order valence-corrected chi connectivity index (χ4v) is 2.98. The number of allylic oxidation sites excluding steroid dienone is 1. The molecule has 0 saturated carbocycles. The Kier molecular flexibility index (Phi) is 3.85. The molecular weight excluding hydrogens is 329 g/mol. The lowest BCUT2D eigenvalue weighted by Crippen LogP contribution is -2.10. The molecule has 21 heavy (non-hydrogen) atoms. The summed E-state index contributed by atoms with van der Waals surface area (Å²) >= 11 is 0.900. The normalized spacial score (nSPS) is 13.6. The van der Waals surface area contributed by atoms with Crippen LogP contribution in [0, 0.1) is 0 Å². The smallest absolute Gasteiger partial charge is 0.448 e. The highest BCUT2D eigenvalue weighted by molar-refractivity contribution is 7.92. The minimum atomic E-state index is -4.83. The molecule has 2 N–H and O–H groups in total. The summed E-state index contributed by atoms with van der Waals surface area (Å²) in [6.07, 6.45) is -3.32. The van der Waals surface area contributed by atoms with Gasteiger partial charge < -0.3 is 5.11 Å². The zero-order valence-electron chi connectivity index (χ0n) is 10.5. The van der Waals surface area contributed by atoms with E-state index in [-0.39, 0.29) is 10.7 Å². The Bertz CT molecular complexity index is 810. The molecule has 0 atom stereocenters. The molecule has 0 aliphatic carbocycles. The Morgan fingerprint density at radius 2 is 2.10 bits per heavy atom. The number of benzene rings is 1. The molecule has 0 saturated heterocycles. The van der Waals surface area contributed by atoms with Crippen molar-refractivity contribution in [1.29, 1.82) is 0 Å². The standard InChI is InChI=1S/C11H9F3N2O3S2/c1-21(18,19)16-6-2-3-7-8(4-6)20-10(15-7)5-9(17)11(12,13)14/h2-5,16-17H,1H3. The van der Waals surface area contributed by atoms with Crippen LogP contribution in [-0.4, -0.2) is 30.9 Å². The average Bonchev–Trinajstić information content (AvgIpc) is 2.66. The molecule has 1 heterocycles. The molecule has 2 rings (SSSR count). The lowest BCUT2D eigenvalue weighted by Gasteiger charge is -2.02. The van der Waals surface area contributed by atoms with E-state index in [0.29, 0.717) is 16.3 Å². The Hall–Kier alpha value is -1.81. The summed E-state index contributed by atoms with van der Waals surface area (Å²) < 4.78 is 61.6. The van der Waals surface area contributed by atoms with E-state index in [2.05, 4.69) is 9.71 Å². The minimum Gasteiger partial charge on any atom is -0.504 e. The quantitative estimate of drug-likeness (QED) is 0.843. The lowest BCUT2D eigenvalue weighted by molar-refractivity contribution is -0.119. The van der Waals surface area contributed by atoms with E-state index in [1.807, 2.05) is 0 Å². The molecule has 1 aromatic carbocycles. The number of anilines is 1. The maximum atomic E-state index is 12.2. The fraction of sp³-hybridized carbons (Fsp3) is 0.182. The number of nitrogens with one attached hydrogen (secondary N) is 1. The summed E-state index contributed by atoms with van der Waals surface area (Å²) in [5.74, 6) is -1.74. The summed E-state index contributed by atoms with van der Waals surface area (Å²) in [4.78, 5) is 3.91. The van der Waals surface area contributed by atoms with Crippen molar-refractivity contribution in [3.05, 3.63) is 29.0 Å². The van der Waals surface area contributed by atoms with Crippen molar-refractivity contribution in [3.63, 3.8) is 0 Å². The van der Waals surface area contributed by atoms with Gasteiger partial charge >= 0.3 is 6.18 Å². The Morgan fingerprint density at radius 3 is 2.67 bits per heavy atom. The first-order valence-electron chi connectivity index (χ1n) is 5.41. The molecule has 5 nitrogen and oxygen atoms in total. The van der Waals surface area contributed by atoms with E-state index in [1.54, 1.807) is 0 Å². The molecule has 0 aliphatic rings. The number of alkyl halides is 3. The molecule has 114 valence electrons. The van der Waals surface area contributed by atoms with Crippen LogP contribution in [0.15, 0.2) is 24.0 Å². The number of nitrogens with zero attached hydrogens (tertiary/aromatic N) is 1. The number of rotatable bonds is 3. The number of aromatic nitrogens is 1. The highest BCUT2D eigenvalue weighted by Gasteiger charge is 2.34. The van der Waals surface area contributed by atoms with Gasteiger partial charge in [-0.15, -0.1) is 11.3 Å². The monoisotopic (exact) mass is 338 g/mol. The van der Waals surface area contributed by atoms with Crippen LogP contribution in [0.5, 0.6) is 0 Å². The van der Waals surface area contributed by atoms with Crippen LogP contribution >= 0.6 is 11.3 Å². The van der Waals surface area contributed by atoms with Crippen molar-refractivity contribution >= 4 is 43.3 Å². The third-order valence-corrected chi connectivity index (χ3v) is 3.83. The van der Waals surface area contributed by atoms with Gasteiger partial charge in [-0.05, 0) is 18.2 Å². The van der Waals surface area contributed by atoms with Gasteiger partial charge in [0.05, 0.1) is 22.2 Å². The van der Waals surface area contributed by atoms with Crippen LogP contribution in [0.2, 0.25) is 0 Å². The fourth-order valence-electron chi connectivity index (χ4n) is 1.48. The second-order valence-corrected chi connectivity index (χ2v) is 6.95. The summed E-state index contributed by atoms with van der Waals surface area (Å²) in [6.45, 7) is 0. The largest absolute Gasteiger partial charge is 0.504 e. The van der Waals surface area contributed by atoms with Gasteiger partial charge in [-0.25, -0.2) is 13.4 Å². The van der Waals surface area contributed by atoms with Crippen LogP contribution in [0.3, 0.4) is 0 Å². The molecule has 0 radical (unpaired) electrons. The van der Waals surface area contributed by atoms with Gasteiger partial charge in [-0.2, -0.15) is 13.2 Å². The maximum absolute atomic E-state index is 12.2. The molecule has 0 bridgehead atoms. The first-order valence-corrected chi connectivity index (χ1v) is 8.12. The topological polar surface area (TPSA) is 79.3 Å². The zero-order chi connectivity index (χ0) is 15.8. The van der Waals surface area contributed by atoms with Crippen molar-refractivity contribution in [1.82, 2.24) is 4.98 Å². The van der Waals surface area contributed by atoms with E-state index in [4.69, 9.17) is 5.11 Å². The Labute approximate surface area is 121 Å². The van der Waals surface area contributed by atoms with Crippen molar-refractivity contribution in [2.24, 2.45) is 0 Å². The first kappa shape index (κ1) is 15.6. The molecule has 0 unspecified atom stereocenters. The number of aliphatic hydroxyl groups excluding tert-OH is 1. The molecule has 0 fully saturated rings. The first-order chi connectivity index (χ1) is 9.54. The highest BCUT2D eigenvalue weighted by atomic mass is 32.2. The van der Waals surface area contributed by atoms with E-state index in [0.717, 1.165) is 17.6 Å². The number of hydrogen-bond acceptors (Lipinski definition) is 5. The number of thiazole rings is 1. The van der Waals surface area contributed by atoms with Crippen LogP contribution in [-0.2, 0) is 10.0 Å². The Morgan fingerprint density at radius 1 is 1.43 bits per heavy atom. The SMILES string of the molecule is CS(=O)(=O)Nc1ccc2nc(C=C(O)C(F)(F)F)sc2c1. The van der Waals surface area contributed by atoms with E-state index in [9.17, 15) is 21.6 Å². The number of halogens is 3. The van der Waals surface area contributed by atoms with Gasteiger partial charge in [0, 0.05) is 6.08 Å². The van der Waals surface area contributed by atoms with Crippen molar-refractivity contribution in [3.8, 4) is 0 Å². The van der Waals surface area contributed by atoms with Crippen LogP contribution in [0.25, 0.3) is 16.3 Å². The molecule has 10 heteroatoms. The number of hydrogen-bond donors (Lipinski definition) is 2. The van der Waals surface area contributed by atoms with Crippen LogP contribution in [0.1, 0.15) is 5.01 Å². The summed E-state index contributed by atoms with van der Waals surface area (Å²) in [6, 6.07) is 4.37. The molecular formula is C11H9F3N2O3S2. The number of aliphatic hydroxyl groups is 1. The average molecular weight is 338 g/mol. The minimum absolute atomic E-state index is 0.0312. The summed E-state index contributed by atoms with van der Waals surface area (Å²) in [5, 5.41) is 8.85. The summed E-state index contributed by atoms with van der Waals surface area (Å²) in [7, 11) is -3.44. The molecule has 0 spiro atoms. The van der Waals surface area contributed by atoms with Crippen LogP contribution < -0.4 is 4.72 Å². The second kappa shape index (κ2) is 5.19. The molecule has 0 aliphatic heterocycles. The predicted octanol–water partition coefficient (Wildman–Crippen LogP) is 3.13. The van der Waals surface area contributed by atoms with Crippen molar-refractivity contribution in [2.45, 2.75) is 6.18 Å². The van der Waals surface area contributed by atoms with Gasteiger partial charge in [0.15, 0.2) is 0 Å². The van der Waals surface area contributed by atoms with E-state index >= 15 is 0 Å². The van der Waals surface area contributed by atoms with Gasteiger partial charge in [-0.1, -0.05) is 0 Å². The summed E-state index contributed by atoms with van der Waals surface area (Å²) in [5.41, 5.74) is 0.685. The van der Waals surface area contributed by atoms with E-state index in [1.165, 1.54) is 18.2 Å². The van der Waals surface area contributed by atoms with Crippen molar-refractivity contribution in [2.75, 3.05) is 11.0 Å².